The average molecular weight is 938 g/mol. The molecule has 4 aromatic carbocycles. The van der Waals surface area contributed by atoms with Gasteiger partial charge in [-0.1, -0.05) is 0 Å². The Morgan fingerprint density at radius 3 is 1.15 bits per heavy atom. The molecule has 0 radical (unpaired) electrons. The molecular formula is C52H64Cl2Hf. The SMILES string of the molecule is CC(C)(C)c1ccc(-c2cccc3c2C=C(C2CCCCC2)[CH]3[Hf]2([CH]3C(C4CCCCC4)=Cc4c(-c5ccc(C(C)(C)C)cc5)cccc43)[CH2][CH2]2)cc1.Cl.Cl. The van der Waals surface area contributed by atoms with Crippen LogP contribution in [0.2, 0.25) is 8.35 Å². The van der Waals surface area contributed by atoms with Crippen LogP contribution in [0.5, 0.6) is 0 Å². The molecule has 2 saturated carbocycles. The van der Waals surface area contributed by atoms with E-state index in [0.717, 1.165) is 19.2 Å². The van der Waals surface area contributed by atoms with Crippen LogP contribution in [0.3, 0.4) is 0 Å². The molecule has 1 saturated heterocycles. The van der Waals surface area contributed by atoms with E-state index in [1.165, 1.54) is 97.6 Å². The molecule has 0 N–H and O–H groups in total. The molecule has 0 amide bonds. The second kappa shape index (κ2) is 15.9. The minimum absolute atomic E-state index is 0. The van der Waals surface area contributed by atoms with Gasteiger partial charge in [0.2, 0.25) is 0 Å². The zero-order valence-corrected chi connectivity index (χ0v) is 39.6. The molecule has 2 unspecified atom stereocenters. The summed E-state index contributed by atoms with van der Waals surface area (Å²) in [4.78, 5) is 0. The van der Waals surface area contributed by atoms with Crippen LogP contribution in [-0.4, -0.2) is 0 Å². The number of hydrogen-bond donors (Lipinski definition) is 0. The van der Waals surface area contributed by atoms with Gasteiger partial charge in [0.25, 0.3) is 0 Å². The van der Waals surface area contributed by atoms with Crippen molar-refractivity contribution in [2.45, 2.75) is 132 Å². The van der Waals surface area contributed by atoms with E-state index in [1.54, 1.807) is 30.6 Å². The van der Waals surface area contributed by atoms with Crippen molar-refractivity contribution in [1.29, 1.82) is 0 Å². The van der Waals surface area contributed by atoms with Gasteiger partial charge in [0.1, 0.15) is 0 Å². The third-order valence-electron chi connectivity index (χ3n) is 14.4. The fraction of sp³-hybridized carbons (Fsp3) is 0.462. The molecule has 5 aliphatic rings. The normalized spacial score (nSPS) is 22.1. The van der Waals surface area contributed by atoms with Gasteiger partial charge in [0, 0.05) is 0 Å². The average Bonchev–Trinajstić information content (AvgIpc) is 3.69. The molecule has 4 aromatic rings. The quantitative estimate of drug-likeness (QED) is 0.169. The van der Waals surface area contributed by atoms with Gasteiger partial charge in [-0.2, -0.15) is 0 Å². The molecule has 1 aliphatic heterocycles. The first-order valence-electron chi connectivity index (χ1n) is 21.4. The Labute approximate surface area is 350 Å². The smallest absolute Gasteiger partial charge is 0.147 e. The number of fused-ring (bicyclic) bond motifs is 2. The first-order chi connectivity index (χ1) is 25.5. The molecule has 55 heavy (non-hydrogen) atoms. The summed E-state index contributed by atoms with van der Waals surface area (Å²) in [5.74, 6) is 1.54. The van der Waals surface area contributed by atoms with E-state index in [1.807, 2.05) is 11.1 Å². The maximum atomic E-state index is 2.80. The molecule has 3 heteroatoms. The standard InChI is InChI=1S/2C25H29.C2H4.2ClH.Hf/c2*1-25(2,3)22-14-12-19(13-15-22)23-11-7-10-20-16-21(17-24(20)23)18-8-5-4-6-9-18;1-2;;;/h2*7,10-18H,4-6,8-9H2,1-3H3;1-2H2;2*1H;. The Hall–Kier alpha value is -2.19. The molecule has 1 heterocycles. The first kappa shape index (κ1) is 41.0. The summed E-state index contributed by atoms with van der Waals surface area (Å²) in [7, 11) is 0. The van der Waals surface area contributed by atoms with Crippen molar-refractivity contribution in [2.75, 3.05) is 0 Å². The largest absolute Gasteiger partial charge is 0.147 e. The van der Waals surface area contributed by atoms with Gasteiger partial charge < -0.3 is 0 Å². The number of halogens is 2. The fourth-order valence-corrected chi connectivity index (χ4v) is 39.6. The maximum absolute atomic E-state index is 3.09. The van der Waals surface area contributed by atoms with Crippen LogP contribution in [-0.2, 0) is 30.8 Å². The van der Waals surface area contributed by atoms with Gasteiger partial charge in [-0.25, -0.2) is 0 Å². The Morgan fingerprint density at radius 1 is 0.455 bits per heavy atom. The molecule has 0 nitrogen and oxygen atoms in total. The van der Waals surface area contributed by atoms with E-state index in [0.29, 0.717) is 0 Å². The summed E-state index contributed by atoms with van der Waals surface area (Å²) in [6.45, 7) is 14.0. The van der Waals surface area contributed by atoms with Gasteiger partial charge in [0.05, 0.1) is 0 Å². The summed E-state index contributed by atoms with van der Waals surface area (Å²) in [6.07, 6.45) is 19.7. The van der Waals surface area contributed by atoms with Crippen LogP contribution in [0.1, 0.15) is 146 Å². The summed E-state index contributed by atoms with van der Waals surface area (Å²) >= 11 is -3.09. The second-order valence-corrected chi connectivity index (χ2v) is 36.4. The molecule has 0 aromatic heterocycles. The van der Waals surface area contributed by atoms with Crippen molar-refractivity contribution >= 4 is 37.0 Å². The Morgan fingerprint density at radius 2 is 0.818 bits per heavy atom. The summed E-state index contributed by atoms with van der Waals surface area (Å²) < 4.78 is 4.58. The van der Waals surface area contributed by atoms with Crippen LogP contribution in [0.4, 0.5) is 0 Å². The van der Waals surface area contributed by atoms with E-state index in [4.69, 9.17) is 0 Å². The van der Waals surface area contributed by atoms with Crippen molar-refractivity contribution in [3.8, 4) is 22.3 Å². The van der Waals surface area contributed by atoms with Crippen molar-refractivity contribution in [3.05, 3.63) is 129 Å². The van der Waals surface area contributed by atoms with Crippen LogP contribution < -0.4 is 0 Å². The van der Waals surface area contributed by atoms with Gasteiger partial charge in [-0.3, -0.25) is 0 Å². The van der Waals surface area contributed by atoms with Crippen LogP contribution in [0.25, 0.3) is 34.4 Å². The Bertz CT molecular complexity index is 1910. The summed E-state index contributed by atoms with van der Waals surface area (Å²) in [6, 6.07) is 34.2. The van der Waals surface area contributed by atoms with Crippen molar-refractivity contribution in [3.63, 3.8) is 0 Å². The van der Waals surface area contributed by atoms with Crippen LogP contribution in [0.15, 0.2) is 96.1 Å². The minimum Gasteiger partial charge on any atom is -0.147 e. The molecule has 0 spiro atoms. The minimum atomic E-state index is -3.09. The number of allylic oxidation sites excluding steroid dienone is 2. The number of benzene rings is 4. The van der Waals surface area contributed by atoms with Gasteiger partial charge in [-0.15, -0.1) is 24.8 Å². The zero-order chi connectivity index (χ0) is 36.5. The topological polar surface area (TPSA) is 0 Å². The molecule has 2 atom stereocenters. The van der Waals surface area contributed by atoms with Gasteiger partial charge in [0.15, 0.2) is 0 Å². The third kappa shape index (κ3) is 7.51. The Kier molecular flexibility index (Phi) is 11.8. The van der Waals surface area contributed by atoms with Crippen molar-refractivity contribution in [1.82, 2.24) is 0 Å². The monoisotopic (exact) mass is 938 g/mol. The zero-order valence-electron chi connectivity index (χ0n) is 34.3. The van der Waals surface area contributed by atoms with Gasteiger partial charge >= 0.3 is 328 Å². The molecule has 0 bridgehead atoms. The molecule has 4 aliphatic carbocycles. The second-order valence-electron chi connectivity index (χ2n) is 19.8. The van der Waals surface area contributed by atoms with E-state index in [-0.39, 0.29) is 35.6 Å². The predicted octanol–water partition coefficient (Wildman–Crippen LogP) is 16.2. The molecule has 9 rings (SSSR count). The van der Waals surface area contributed by atoms with E-state index >= 15 is 0 Å². The Balaban J connectivity index is 0.00000233. The fourth-order valence-electron chi connectivity index (χ4n) is 11.4. The van der Waals surface area contributed by atoms with E-state index in [9.17, 15) is 0 Å². The first-order valence-corrected chi connectivity index (χ1v) is 30.7. The number of hydrogen-bond acceptors (Lipinski definition) is 0. The molecular weight excluding hydrogens is 874 g/mol. The van der Waals surface area contributed by atoms with Crippen LogP contribution >= 0.6 is 24.8 Å². The van der Waals surface area contributed by atoms with Gasteiger partial charge in [-0.05, 0) is 0 Å². The third-order valence-corrected chi connectivity index (χ3v) is 33.3. The maximum Gasteiger partial charge on any atom is -0.147 e. The van der Waals surface area contributed by atoms with Crippen molar-refractivity contribution in [2.24, 2.45) is 11.8 Å². The predicted molar refractivity (Wildman–Crippen MR) is 240 cm³/mol. The van der Waals surface area contributed by atoms with Crippen LogP contribution in [0, 0.1) is 11.8 Å². The van der Waals surface area contributed by atoms with E-state index < -0.39 is 20.0 Å². The number of rotatable bonds is 6. The van der Waals surface area contributed by atoms with E-state index in [2.05, 4.69) is 139 Å². The molecule has 3 fully saturated rings. The molecule has 290 valence electrons. The summed E-state index contributed by atoms with van der Waals surface area (Å²) in [5, 5.41) is 0. The summed E-state index contributed by atoms with van der Waals surface area (Å²) in [5.41, 5.74) is 19.3. The van der Waals surface area contributed by atoms with Crippen molar-refractivity contribution < 1.29 is 20.0 Å².